The molecule has 6 nitrogen and oxygen atoms in total. The van der Waals surface area contributed by atoms with E-state index in [1.165, 1.54) is 12.1 Å². The standard InChI is InChI=1S/C17H19F3N4O2/c1-11(15-22-21-12(2)26-15)23-7-9-24(10-8-23)16(25)13-3-5-14(6-4-13)17(18,19)20/h3-6,11H,7-10H2,1-2H3. The number of hydrogen-bond donors (Lipinski definition) is 0. The van der Waals surface area contributed by atoms with E-state index >= 15 is 0 Å². The van der Waals surface area contributed by atoms with E-state index in [1.807, 2.05) is 6.92 Å². The van der Waals surface area contributed by atoms with Crippen molar-refractivity contribution in [3.8, 4) is 0 Å². The third-order valence-electron chi connectivity index (χ3n) is 4.51. The van der Waals surface area contributed by atoms with Crippen LogP contribution >= 0.6 is 0 Å². The smallest absolute Gasteiger partial charge is 0.416 e. The fourth-order valence-electron chi connectivity index (χ4n) is 2.93. The maximum absolute atomic E-state index is 12.6. The molecule has 0 spiro atoms. The Balaban J connectivity index is 1.60. The van der Waals surface area contributed by atoms with Gasteiger partial charge in [0.25, 0.3) is 5.91 Å². The Morgan fingerprint density at radius 2 is 1.73 bits per heavy atom. The molecule has 2 heterocycles. The van der Waals surface area contributed by atoms with Gasteiger partial charge in [0.2, 0.25) is 11.8 Å². The van der Waals surface area contributed by atoms with Crippen molar-refractivity contribution in [2.75, 3.05) is 26.2 Å². The lowest BCUT2D eigenvalue weighted by Crippen LogP contribution is -2.49. The molecule has 2 aromatic rings. The highest BCUT2D eigenvalue weighted by molar-refractivity contribution is 5.94. The van der Waals surface area contributed by atoms with Gasteiger partial charge in [0.05, 0.1) is 11.6 Å². The van der Waals surface area contributed by atoms with Crippen LogP contribution in [0.1, 0.15) is 40.7 Å². The Kier molecular flexibility index (Phi) is 4.99. The van der Waals surface area contributed by atoms with Crippen molar-refractivity contribution in [2.24, 2.45) is 0 Å². The molecule has 1 atom stereocenters. The highest BCUT2D eigenvalue weighted by atomic mass is 19.4. The number of halogens is 3. The van der Waals surface area contributed by atoms with E-state index in [-0.39, 0.29) is 17.5 Å². The molecule has 0 bridgehead atoms. The zero-order chi connectivity index (χ0) is 18.9. The van der Waals surface area contributed by atoms with Crippen molar-refractivity contribution in [3.05, 3.63) is 47.2 Å². The van der Waals surface area contributed by atoms with Gasteiger partial charge in [0.15, 0.2) is 0 Å². The third-order valence-corrected chi connectivity index (χ3v) is 4.51. The number of carbonyl (C=O) groups is 1. The molecule has 0 aliphatic carbocycles. The van der Waals surface area contributed by atoms with E-state index in [0.717, 1.165) is 12.1 Å². The molecule has 0 N–H and O–H groups in total. The predicted octanol–water partition coefficient (Wildman–Crippen LogP) is 2.92. The summed E-state index contributed by atoms with van der Waals surface area (Å²) in [5, 5.41) is 7.84. The van der Waals surface area contributed by atoms with Crippen LogP contribution in [0.3, 0.4) is 0 Å². The Hall–Kier alpha value is -2.42. The van der Waals surface area contributed by atoms with Gasteiger partial charge in [-0.3, -0.25) is 9.69 Å². The summed E-state index contributed by atoms with van der Waals surface area (Å²) in [4.78, 5) is 16.3. The number of amides is 1. The summed E-state index contributed by atoms with van der Waals surface area (Å²) in [5.41, 5.74) is -0.505. The first-order valence-electron chi connectivity index (χ1n) is 8.26. The summed E-state index contributed by atoms with van der Waals surface area (Å²) < 4.78 is 43.3. The summed E-state index contributed by atoms with van der Waals surface area (Å²) in [6.07, 6.45) is -4.41. The number of alkyl halides is 3. The predicted molar refractivity (Wildman–Crippen MR) is 86.4 cm³/mol. The van der Waals surface area contributed by atoms with Crippen LogP contribution in [0.25, 0.3) is 0 Å². The number of aromatic nitrogens is 2. The summed E-state index contributed by atoms with van der Waals surface area (Å²) in [5.74, 6) is 0.771. The first-order chi connectivity index (χ1) is 12.3. The summed E-state index contributed by atoms with van der Waals surface area (Å²) in [6, 6.07) is 4.26. The highest BCUT2D eigenvalue weighted by Crippen LogP contribution is 2.29. The molecule has 1 saturated heterocycles. The van der Waals surface area contributed by atoms with Crippen LogP contribution in [0, 0.1) is 6.92 Å². The second-order valence-corrected chi connectivity index (χ2v) is 6.24. The first kappa shape index (κ1) is 18.4. The lowest BCUT2D eigenvalue weighted by Gasteiger charge is -2.36. The van der Waals surface area contributed by atoms with Crippen LogP contribution in [0.15, 0.2) is 28.7 Å². The molecule has 9 heteroatoms. The number of rotatable bonds is 3. The van der Waals surface area contributed by atoms with Crippen molar-refractivity contribution in [3.63, 3.8) is 0 Å². The van der Waals surface area contributed by atoms with Gasteiger partial charge in [0.1, 0.15) is 0 Å². The average Bonchev–Trinajstić information content (AvgIpc) is 3.06. The van der Waals surface area contributed by atoms with E-state index in [0.29, 0.717) is 38.0 Å². The lowest BCUT2D eigenvalue weighted by atomic mass is 10.1. The molecule has 26 heavy (non-hydrogen) atoms. The quantitative estimate of drug-likeness (QED) is 0.834. The van der Waals surface area contributed by atoms with E-state index in [2.05, 4.69) is 15.1 Å². The Bertz CT molecular complexity index is 765. The van der Waals surface area contributed by atoms with Crippen LogP contribution in [0.4, 0.5) is 13.2 Å². The molecule has 1 fully saturated rings. The third kappa shape index (κ3) is 3.87. The van der Waals surface area contributed by atoms with E-state index in [4.69, 9.17) is 4.42 Å². The van der Waals surface area contributed by atoms with Crippen LogP contribution < -0.4 is 0 Å². The zero-order valence-electron chi connectivity index (χ0n) is 14.5. The average molecular weight is 368 g/mol. The van der Waals surface area contributed by atoms with Crippen LogP contribution in [-0.2, 0) is 6.18 Å². The van der Waals surface area contributed by atoms with Gasteiger partial charge in [-0.25, -0.2) is 0 Å². The SMILES string of the molecule is Cc1nnc(C(C)N2CCN(C(=O)c3ccc(C(F)(F)F)cc3)CC2)o1. The van der Waals surface area contributed by atoms with E-state index in [9.17, 15) is 18.0 Å². The van der Waals surface area contributed by atoms with Gasteiger partial charge < -0.3 is 9.32 Å². The Morgan fingerprint density at radius 1 is 1.12 bits per heavy atom. The molecule has 140 valence electrons. The molecule has 1 unspecified atom stereocenters. The molecule has 1 aliphatic heterocycles. The fraction of sp³-hybridized carbons (Fsp3) is 0.471. The second kappa shape index (κ2) is 7.06. The van der Waals surface area contributed by atoms with Crippen molar-refractivity contribution in [1.82, 2.24) is 20.0 Å². The molecule has 1 aliphatic rings. The van der Waals surface area contributed by atoms with Gasteiger partial charge in [-0.05, 0) is 31.2 Å². The Morgan fingerprint density at radius 3 is 2.23 bits per heavy atom. The normalized spacial score (nSPS) is 17.3. The zero-order valence-corrected chi connectivity index (χ0v) is 14.5. The van der Waals surface area contributed by atoms with E-state index < -0.39 is 11.7 Å². The molecule has 1 aromatic carbocycles. The monoisotopic (exact) mass is 368 g/mol. The van der Waals surface area contributed by atoms with Crippen molar-refractivity contribution in [1.29, 1.82) is 0 Å². The van der Waals surface area contributed by atoms with Crippen LogP contribution in [0.2, 0.25) is 0 Å². The minimum Gasteiger partial charge on any atom is -0.424 e. The minimum atomic E-state index is -4.41. The van der Waals surface area contributed by atoms with Crippen molar-refractivity contribution >= 4 is 5.91 Å². The molecule has 1 aromatic heterocycles. The van der Waals surface area contributed by atoms with Gasteiger partial charge in [0, 0.05) is 38.7 Å². The maximum atomic E-state index is 12.6. The number of aryl methyl sites for hydroxylation is 1. The highest BCUT2D eigenvalue weighted by Gasteiger charge is 2.31. The topological polar surface area (TPSA) is 62.5 Å². The van der Waals surface area contributed by atoms with Crippen molar-refractivity contribution < 1.29 is 22.4 Å². The summed E-state index contributed by atoms with van der Waals surface area (Å²) in [6.45, 7) is 5.89. The largest absolute Gasteiger partial charge is 0.424 e. The van der Waals surface area contributed by atoms with Gasteiger partial charge in [-0.1, -0.05) is 0 Å². The van der Waals surface area contributed by atoms with Crippen LogP contribution in [0.5, 0.6) is 0 Å². The molecular formula is C17H19F3N4O2. The number of nitrogens with zero attached hydrogens (tertiary/aromatic N) is 4. The first-order valence-corrected chi connectivity index (χ1v) is 8.26. The molecule has 1 amide bonds. The maximum Gasteiger partial charge on any atom is 0.416 e. The molecule has 0 radical (unpaired) electrons. The van der Waals surface area contributed by atoms with E-state index in [1.54, 1.807) is 11.8 Å². The van der Waals surface area contributed by atoms with Gasteiger partial charge >= 0.3 is 6.18 Å². The lowest BCUT2D eigenvalue weighted by molar-refractivity contribution is -0.137. The second-order valence-electron chi connectivity index (χ2n) is 6.24. The number of piperazine rings is 1. The molecule has 3 rings (SSSR count). The minimum absolute atomic E-state index is 0.0560. The molecule has 0 saturated carbocycles. The summed E-state index contributed by atoms with van der Waals surface area (Å²) in [7, 11) is 0. The van der Waals surface area contributed by atoms with Crippen molar-refractivity contribution in [2.45, 2.75) is 26.1 Å². The number of hydrogen-bond acceptors (Lipinski definition) is 5. The summed E-state index contributed by atoms with van der Waals surface area (Å²) >= 11 is 0. The number of carbonyl (C=O) groups excluding carboxylic acids is 1. The fourth-order valence-corrected chi connectivity index (χ4v) is 2.93. The van der Waals surface area contributed by atoms with Crippen LogP contribution in [-0.4, -0.2) is 52.1 Å². The number of benzene rings is 1. The van der Waals surface area contributed by atoms with Gasteiger partial charge in [-0.2, -0.15) is 13.2 Å². The van der Waals surface area contributed by atoms with Gasteiger partial charge in [-0.15, -0.1) is 10.2 Å². The Labute approximate surface area is 148 Å². The molecular weight excluding hydrogens is 349 g/mol.